The van der Waals surface area contributed by atoms with Gasteiger partial charge in [-0.1, -0.05) is 19.9 Å². The van der Waals surface area contributed by atoms with Crippen molar-refractivity contribution in [1.29, 1.82) is 0 Å². The van der Waals surface area contributed by atoms with Gasteiger partial charge in [0.05, 0.1) is 7.11 Å². The zero-order chi connectivity index (χ0) is 16.0. The fourth-order valence-corrected chi connectivity index (χ4v) is 3.65. The van der Waals surface area contributed by atoms with E-state index in [4.69, 9.17) is 4.74 Å². The van der Waals surface area contributed by atoms with Crippen LogP contribution in [0.15, 0.2) is 23.1 Å². The van der Waals surface area contributed by atoms with E-state index in [0.29, 0.717) is 12.3 Å². The molecule has 1 N–H and O–H groups in total. The summed E-state index contributed by atoms with van der Waals surface area (Å²) in [4.78, 5) is 2.40. The molecule has 0 aromatic heterocycles. The lowest BCUT2D eigenvalue weighted by atomic mass is 10.2. The molecule has 0 saturated carbocycles. The minimum atomic E-state index is -3.57. The summed E-state index contributed by atoms with van der Waals surface area (Å²) in [5, 5.41) is 0. The Morgan fingerprint density at radius 1 is 1.29 bits per heavy atom. The lowest BCUT2D eigenvalue weighted by molar-refractivity contribution is 0.232. The average molecular weight is 314 g/mol. The number of sulfonamides is 1. The second kappa shape index (κ2) is 7.77. The molecule has 1 aromatic rings. The molecule has 5 nitrogen and oxygen atoms in total. The number of ether oxygens (including phenoxy) is 1. The molecule has 0 bridgehead atoms. The number of likely N-dealkylation sites (N-methyl/N-ethyl adjacent to an activating group) is 1. The molecule has 1 atom stereocenters. The van der Waals surface area contributed by atoms with E-state index in [1.165, 1.54) is 7.11 Å². The first-order valence-electron chi connectivity index (χ1n) is 7.24. The van der Waals surface area contributed by atoms with Gasteiger partial charge in [-0.15, -0.1) is 0 Å². The van der Waals surface area contributed by atoms with Crippen LogP contribution in [0.25, 0.3) is 0 Å². The van der Waals surface area contributed by atoms with E-state index in [1.807, 2.05) is 19.9 Å². The molecule has 0 aliphatic carbocycles. The summed E-state index contributed by atoms with van der Waals surface area (Å²) in [5.74, 6) is 0.364. The summed E-state index contributed by atoms with van der Waals surface area (Å²) >= 11 is 0. The fourth-order valence-electron chi connectivity index (χ4n) is 2.28. The van der Waals surface area contributed by atoms with Crippen LogP contribution in [0.4, 0.5) is 0 Å². The maximum Gasteiger partial charge on any atom is 0.244 e. The van der Waals surface area contributed by atoms with Crippen LogP contribution in [0.5, 0.6) is 5.75 Å². The predicted octanol–water partition coefficient (Wildman–Crippen LogP) is 2.01. The summed E-state index contributed by atoms with van der Waals surface area (Å²) in [7, 11) is -2.10. The first-order chi connectivity index (χ1) is 9.85. The number of nitrogens with one attached hydrogen (secondary N) is 1. The van der Waals surface area contributed by atoms with Crippen molar-refractivity contribution in [3.63, 3.8) is 0 Å². The van der Waals surface area contributed by atoms with Crippen molar-refractivity contribution in [2.45, 2.75) is 38.6 Å². The second-order valence-electron chi connectivity index (χ2n) is 5.08. The van der Waals surface area contributed by atoms with E-state index in [0.717, 1.165) is 18.7 Å². The maximum absolute atomic E-state index is 12.5. The number of rotatable bonds is 8. The van der Waals surface area contributed by atoms with Crippen molar-refractivity contribution < 1.29 is 13.2 Å². The van der Waals surface area contributed by atoms with Crippen LogP contribution in [0.3, 0.4) is 0 Å². The molecule has 0 spiro atoms. The SMILES string of the molecule is CCN(CC)C(C)CNS(=O)(=O)c1cc(C)ccc1OC. The van der Waals surface area contributed by atoms with Crippen molar-refractivity contribution in [2.75, 3.05) is 26.7 Å². The highest BCUT2D eigenvalue weighted by atomic mass is 32.2. The average Bonchev–Trinajstić information content (AvgIpc) is 2.46. The maximum atomic E-state index is 12.5. The van der Waals surface area contributed by atoms with Gasteiger partial charge in [-0.2, -0.15) is 0 Å². The van der Waals surface area contributed by atoms with Crippen LogP contribution >= 0.6 is 0 Å². The quantitative estimate of drug-likeness (QED) is 0.797. The Balaban J connectivity index is 2.90. The minimum absolute atomic E-state index is 0.144. The van der Waals surface area contributed by atoms with Crippen LogP contribution < -0.4 is 9.46 Å². The number of nitrogens with zero attached hydrogens (tertiary/aromatic N) is 1. The number of hydrogen-bond acceptors (Lipinski definition) is 4. The summed E-state index contributed by atoms with van der Waals surface area (Å²) in [6.45, 7) is 10.2. The summed E-state index contributed by atoms with van der Waals surface area (Å²) in [6.07, 6.45) is 0. The lowest BCUT2D eigenvalue weighted by Crippen LogP contribution is -2.42. The smallest absolute Gasteiger partial charge is 0.244 e. The molecule has 0 fully saturated rings. The van der Waals surface area contributed by atoms with Gasteiger partial charge in [-0.25, -0.2) is 13.1 Å². The predicted molar refractivity (Wildman–Crippen MR) is 85.3 cm³/mol. The highest BCUT2D eigenvalue weighted by Gasteiger charge is 2.21. The van der Waals surface area contributed by atoms with Gasteiger partial charge in [0.15, 0.2) is 0 Å². The Morgan fingerprint density at radius 2 is 1.90 bits per heavy atom. The van der Waals surface area contributed by atoms with Crippen LogP contribution in [0, 0.1) is 6.92 Å². The Morgan fingerprint density at radius 3 is 2.43 bits per heavy atom. The van der Waals surface area contributed by atoms with Gasteiger partial charge in [0, 0.05) is 12.6 Å². The van der Waals surface area contributed by atoms with E-state index in [9.17, 15) is 8.42 Å². The van der Waals surface area contributed by atoms with Crippen molar-refractivity contribution >= 4 is 10.0 Å². The number of benzene rings is 1. The van der Waals surface area contributed by atoms with Crippen molar-refractivity contribution in [2.24, 2.45) is 0 Å². The molecule has 0 amide bonds. The highest BCUT2D eigenvalue weighted by Crippen LogP contribution is 2.24. The van der Waals surface area contributed by atoms with Gasteiger partial charge in [0.1, 0.15) is 10.6 Å². The third-order valence-electron chi connectivity index (χ3n) is 3.61. The normalized spacial score (nSPS) is 13.4. The van der Waals surface area contributed by atoms with Crippen molar-refractivity contribution in [3.05, 3.63) is 23.8 Å². The highest BCUT2D eigenvalue weighted by molar-refractivity contribution is 7.89. The Labute approximate surface area is 128 Å². The molecule has 120 valence electrons. The topological polar surface area (TPSA) is 58.6 Å². The minimum Gasteiger partial charge on any atom is -0.495 e. The van der Waals surface area contributed by atoms with E-state index in [1.54, 1.807) is 12.1 Å². The van der Waals surface area contributed by atoms with E-state index < -0.39 is 10.0 Å². The van der Waals surface area contributed by atoms with Crippen LogP contribution in [-0.4, -0.2) is 46.1 Å². The first kappa shape index (κ1) is 17.9. The van der Waals surface area contributed by atoms with Gasteiger partial charge in [-0.05, 0) is 44.6 Å². The van der Waals surface area contributed by atoms with Gasteiger partial charge in [0.2, 0.25) is 10.0 Å². The van der Waals surface area contributed by atoms with E-state index in [2.05, 4.69) is 23.5 Å². The van der Waals surface area contributed by atoms with Crippen LogP contribution in [0.2, 0.25) is 0 Å². The zero-order valence-corrected chi connectivity index (χ0v) is 14.3. The van der Waals surface area contributed by atoms with Crippen molar-refractivity contribution in [1.82, 2.24) is 9.62 Å². The fraction of sp³-hybridized carbons (Fsp3) is 0.600. The molecular weight excluding hydrogens is 288 g/mol. The summed E-state index contributed by atoms with van der Waals surface area (Å²) in [6, 6.07) is 5.28. The molecule has 0 saturated heterocycles. The van der Waals surface area contributed by atoms with E-state index >= 15 is 0 Å². The summed E-state index contributed by atoms with van der Waals surface area (Å²) in [5.41, 5.74) is 0.882. The zero-order valence-electron chi connectivity index (χ0n) is 13.5. The first-order valence-corrected chi connectivity index (χ1v) is 8.72. The molecule has 21 heavy (non-hydrogen) atoms. The molecule has 0 heterocycles. The van der Waals surface area contributed by atoms with Crippen molar-refractivity contribution in [3.8, 4) is 5.75 Å². The molecule has 6 heteroatoms. The number of hydrogen-bond donors (Lipinski definition) is 1. The second-order valence-corrected chi connectivity index (χ2v) is 6.81. The summed E-state index contributed by atoms with van der Waals surface area (Å²) < 4.78 is 32.7. The third kappa shape index (κ3) is 4.69. The molecule has 1 aromatic carbocycles. The standard InChI is InChI=1S/C15H26N2O3S/c1-6-17(7-2)13(4)11-16-21(18,19)15-10-12(3)8-9-14(15)20-5/h8-10,13,16H,6-7,11H2,1-5H3. The van der Waals surface area contributed by atoms with Gasteiger partial charge in [0.25, 0.3) is 0 Å². The Kier molecular flexibility index (Phi) is 6.64. The number of aryl methyl sites for hydroxylation is 1. The van der Waals surface area contributed by atoms with Gasteiger partial charge < -0.3 is 4.74 Å². The lowest BCUT2D eigenvalue weighted by Gasteiger charge is -2.26. The Bertz CT molecular complexity index is 554. The molecule has 0 aliphatic heterocycles. The molecule has 1 unspecified atom stereocenters. The molecule has 0 aliphatic rings. The monoisotopic (exact) mass is 314 g/mol. The molecular formula is C15H26N2O3S. The Hall–Kier alpha value is -1.11. The van der Waals surface area contributed by atoms with Gasteiger partial charge in [-0.3, -0.25) is 4.90 Å². The number of methoxy groups -OCH3 is 1. The van der Waals surface area contributed by atoms with Gasteiger partial charge >= 0.3 is 0 Å². The molecule has 0 radical (unpaired) electrons. The van der Waals surface area contributed by atoms with Crippen LogP contribution in [0.1, 0.15) is 26.3 Å². The largest absolute Gasteiger partial charge is 0.495 e. The van der Waals surface area contributed by atoms with Crippen LogP contribution in [-0.2, 0) is 10.0 Å². The van der Waals surface area contributed by atoms with E-state index in [-0.39, 0.29) is 10.9 Å². The molecule has 1 rings (SSSR count). The third-order valence-corrected chi connectivity index (χ3v) is 5.06.